The second kappa shape index (κ2) is 9.89. The summed E-state index contributed by atoms with van der Waals surface area (Å²) in [5, 5.41) is 3.26. The first-order valence-electron chi connectivity index (χ1n) is 7.74. The molecule has 1 amide bonds. The zero-order valence-corrected chi connectivity index (χ0v) is 15.5. The molecule has 2 rings (SSSR count). The lowest BCUT2D eigenvalue weighted by Crippen LogP contribution is -2.23. The highest BCUT2D eigenvalue weighted by molar-refractivity contribution is 6.35. The smallest absolute Gasteiger partial charge is 0.344 e. The summed E-state index contributed by atoms with van der Waals surface area (Å²) in [5.74, 6) is -0.0193. The number of carbonyl (C=O) groups is 2. The van der Waals surface area contributed by atoms with E-state index in [9.17, 15) is 9.59 Å². The molecule has 0 unspecified atom stereocenters. The maximum Gasteiger partial charge on any atom is 0.344 e. The number of hydrogen-bond donors (Lipinski definition) is 1. The van der Waals surface area contributed by atoms with E-state index in [1.807, 2.05) is 6.92 Å². The van der Waals surface area contributed by atoms with Crippen molar-refractivity contribution in [2.24, 2.45) is 0 Å². The van der Waals surface area contributed by atoms with Crippen LogP contribution < -0.4 is 14.8 Å². The molecule has 0 bridgehead atoms. The van der Waals surface area contributed by atoms with Crippen molar-refractivity contribution in [3.63, 3.8) is 0 Å². The van der Waals surface area contributed by atoms with Crippen LogP contribution in [0, 0.1) is 0 Å². The molecule has 0 aromatic heterocycles. The third kappa shape index (κ3) is 6.46. The van der Waals surface area contributed by atoms with Crippen molar-refractivity contribution >= 4 is 40.8 Å². The van der Waals surface area contributed by atoms with E-state index in [0.717, 1.165) is 0 Å². The van der Waals surface area contributed by atoms with Gasteiger partial charge in [-0.2, -0.15) is 0 Å². The molecule has 0 spiro atoms. The standard InChI is InChI=1S/C18H17Cl2NO5/c1-2-24-13-4-6-14(7-5-13)25-11-18(23)26-10-17(22)21-16-9-12(19)3-8-15(16)20/h3-9H,2,10-11H2,1H3,(H,21,22). The fraction of sp³-hybridized carbons (Fsp3) is 0.222. The van der Waals surface area contributed by atoms with Gasteiger partial charge >= 0.3 is 5.97 Å². The van der Waals surface area contributed by atoms with Crippen molar-refractivity contribution < 1.29 is 23.8 Å². The van der Waals surface area contributed by atoms with Crippen molar-refractivity contribution in [2.45, 2.75) is 6.92 Å². The lowest BCUT2D eigenvalue weighted by Gasteiger charge is -2.09. The molecule has 2 aromatic rings. The van der Waals surface area contributed by atoms with Gasteiger partial charge in [0.25, 0.3) is 5.91 Å². The van der Waals surface area contributed by atoms with Crippen LogP contribution in [0.1, 0.15) is 6.92 Å². The van der Waals surface area contributed by atoms with Gasteiger partial charge in [0, 0.05) is 5.02 Å². The summed E-state index contributed by atoms with van der Waals surface area (Å²) >= 11 is 11.8. The summed E-state index contributed by atoms with van der Waals surface area (Å²) in [6.45, 7) is 1.67. The van der Waals surface area contributed by atoms with Gasteiger partial charge in [-0.1, -0.05) is 23.2 Å². The van der Waals surface area contributed by atoms with Gasteiger partial charge in [-0.25, -0.2) is 4.79 Å². The molecule has 6 nitrogen and oxygen atoms in total. The number of halogens is 2. The fourth-order valence-corrected chi connectivity index (χ4v) is 2.25. The molecule has 0 fully saturated rings. The minimum absolute atomic E-state index is 0.320. The molecule has 0 saturated heterocycles. The number of rotatable bonds is 8. The SMILES string of the molecule is CCOc1ccc(OCC(=O)OCC(=O)Nc2cc(Cl)ccc2Cl)cc1. The van der Waals surface area contributed by atoms with Crippen LogP contribution in [-0.4, -0.2) is 31.7 Å². The molecule has 0 aliphatic carbocycles. The van der Waals surface area contributed by atoms with Crippen LogP contribution in [0.4, 0.5) is 5.69 Å². The van der Waals surface area contributed by atoms with E-state index < -0.39 is 18.5 Å². The van der Waals surface area contributed by atoms with Crippen LogP contribution in [0.2, 0.25) is 10.0 Å². The van der Waals surface area contributed by atoms with Crippen molar-refractivity contribution in [3.8, 4) is 11.5 Å². The zero-order chi connectivity index (χ0) is 18.9. The van der Waals surface area contributed by atoms with Gasteiger partial charge in [0.05, 0.1) is 17.3 Å². The first kappa shape index (κ1) is 19.9. The van der Waals surface area contributed by atoms with E-state index >= 15 is 0 Å². The second-order valence-corrected chi connectivity index (χ2v) is 5.87. The van der Waals surface area contributed by atoms with E-state index in [1.54, 1.807) is 36.4 Å². The quantitative estimate of drug-likeness (QED) is 0.682. The molecule has 0 radical (unpaired) electrons. The Morgan fingerprint density at radius 3 is 2.27 bits per heavy atom. The Morgan fingerprint density at radius 1 is 0.962 bits per heavy atom. The number of nitrogens with one attached hydrogen (secondary N) is 1. The molecule has 138 valence electrons. The highest BCUT2D eigenvalue weighted by atomic mass is 35.5. The van der Waals surface area contributed by atoms with Crippen LogP contribution in [-0.2, 0) is 14.3 Å². The summed E-state index contributed by atoms with van der Waals surface area (Å²) in [6.07, 6.45) is 0. The molecule has 1 N–H and O–H groups in total. The van der Waals surface area contributed by atoms with Gasteiger partial charge in [0.1, 0.15) is 11.5 Å². The Morgan fingerprint density at radius 2 is 1.62 bits per heavy atom. The van der Waals surface area contributed by atoms with Gasteiger partial charge in [0.15, 0.2) is 13.2 Å². The monoisotopic (exact) mass is 397 g/mol. The number of carbonyl (C=O) groups excluding carboxylic acids is 2. The third-order valence-corrected chi connectivity index (χ3v) is 3.62. The molecule has 8 heteroatoms. The molecular formula is C18H17Cl2NO5. The Kier molecular flexibility index (Phi) is 7.56. The maximum absolute atomic E-state index is 11.8. The van der Waals surface area contributed by atoms with Crippen molar-refractivity contribution in [1.29, 1.82) is 0 Å². The highest BCUT2D eigenvalue weighted by Crippen LogP contribution is 2.25. The molecule has 2 aromatic carbocycles. The minimum Gasteiger partial charge on any atom is -0.494 e. The van der Waals surface area contributed by atoms with Gasteiger partial charge in [-0.15, -0.1) is 0 Å². The summed E-state index contributed by atoms with van der Waals surface area (Å²) in [5.41, 5.74) is 0.339. The predicted octanol–water partition coefficient (Wildman–Crippen LogP) is 3.95. The lowest BCUT2D eigenvalue weighted by atomic mass is 10.3. The maximum atomic E-state index is 11.8. The van der Waals surface area contributed by atoms with E-state index in [4.69, 9.17) is 37.4 Å². The Balaban J connectivity index is 1.74. The zero-order valence-electron chi connectivity index (χ0n) is 14.0. The van der Waals surface area contributed by atoms with Crippen LogP contribution >= 0.6 is 23.2 Å². The largest absolute Gasteiger partial charge is 0.494 e. The molecule has 0 heterocycles. The number of amides is 1. The predicted molar refractivity (Wildman–Crippen MR) is 99.2 cm³/mol. The molecule has 0 saturated carbocycles. The minimum atomic E-state index is -0.675. The van der Waals surface area contributed by atoms with E-state index in [-0.39, 0.29) is 6.61 Å². The average molecular weight is 398 g/mol. The third-order valence-electron chi connectivity index (χ3n) is 3.06. The van der Waals surface area contributed by atoms with Crippen molar-refractivity contribution in [3.05, 3.63) is 52.5 Å². The van der Waals surface area contributed by atoms with Gasteiger partial charge < -0.3 is 19.5 Å². The van der Waals surface area contributed by atoms with Crippen LogP contribution in [0.5, 0.6) is 11.5 Å². The Bertz CT molecular complexity index is 765. The normalized spacial score (nSPS) is 10.1. The van der Waals surface area contributed by atoms with Gasteiger partial charge in [-0.05, 0) is 49.4 Å². The average Bonchev–Trinajstić information content (AvgIpc) is 2.63. The number of benzene rings is 2. The fourth-order valence-electron chi connectivity index (χ4n) is 1.91. The Hall–Kier alpha value is -2.44. The Labute approximate surface area is 160 Å². The molecule has 0 aliphatic rings. The molecule has 0 aliphatic heterocycles. The first-order valence-corrected chi connectivity index (χ1v) is 8.49. The molecular weight excluding hydrogens is 381 g/mol. The van der Waals surface area contributed by atoms with Gasteiger partial charge in [0.2, 0.25) is 0 Å². The number of esters is 1. The number of hydrogen-bond acceptors (Lipinski definition) is 5. The van der Waals surface area contributed by atoms with E-state index in [0.29, 0.717) is 33.8 Å². The van der Waals surface area contributed by atoms with Crippen LogP contribution in [0.15, 0.2) is 42.5 Å². The van der Waals surface area contributed by atoms with Crippen molar-refractivity contribution in [1.82, 2.24) is 0 Å². The van der Waals surface area contributed by atoms with E-state index in [1.165, 1.54) is 6.07 Å². The molecule has 0 atom stereocenters. The van der Waals surface area contributed by atoms with Crippen LogP contribution in [0.3, 0.4) is 0 Å². The topological polar surface area (TPSA) is 73.9 Å². The lowest BCUT2D eigenvalue weighted by molar-refractivity contribution is -0.149. The summed E-state index contributed by atoms with van der Waals surface area (Å²) in [7, 11) is 0. The van der Waals surface area contributed by atoms with Crippen LogP contribution in [0.25, 0.3) is 0 Å². The summed E-state index contributed by atoms with van der Waals surface area (Å²) < 4.78 is 15.4. The van der Waals surface area contributed by atoms with E-state index in [2.05, 4.69) is 5.32 Å². The first-order chi connectivity index (χ1) is 12.5. The highest BCUT2D eigenvalue weighted by Gasteiger charge is 2.11. The molecule has 26 heavy (non-hydrogen) atoms. The summed E-state index contributed by atoms with van der Waals surface area (Å²) in [6, 6.07) is 11.4. The second-order valence-electron chi connectivity index (χ2n) is 5.03. The van der Waals surface area contributed by atoms with Crippen molar-refractivity contribution in [2.75, 3.05) is 25.1 Å². The number of ether oxygens (including phenoxy) is 3. The number of anilines is 1. The summed E-state index contributed by atoms with van der Waals surface area (Å²) in [4.78, 5) is 23.5. The van der Waals surface area contributed by atoms with Gasteiger partial charge in [-0.3, -0.25) is 4.79 Å².